The molecule has 0 bridgehead atoms. The first-order valence-electron chi connectivity index (χ1n) is 7.65. The van der Waals surface area contributed by atoms with Gasteiger partial charge in [-0.2, -0.15) is 4.73 Å². The molecule has 4 nitrogen and oxygen atoms in total. The summed E-state index contributed by atoms with van der Waals surface area (Å²) in [5, 5.41) is 4.07. The van der Waals surface area contributed by atoms with Gasteiger partial charge in [0.1, 0.15) is 5.60 Å². The van der Waals surface area contributed by atoms with E-state index in [9.17, 15) is 4.79 Å². The molecule has 3 rings (SSSR count). The second-order valence-corrected chi connectivity index (χ2v) is 6.39. The molecule has 22 heavy (non-hydrogen) atoms. The van der Waals surface area contributed by atoms with Gasteiger partial charge in [-0.3, -0.25) is 4.79 Å². The van der Waals surface area contributed by atoms with Crippen molar-refractivity contribution >= 4 is 22.4 Å². The van der Waals surface area contributed by atoms with Gasteiger partial charge in [0.15, 0.2) is 0 Å². The van der Waals surface area contributed by atoms with E-state index in [0.717, 1.165) is 17.6 Å². The first-order valence-corrected chi connectivity index (χ1v) is 7.65. The molecule has 116 valence electrons. The summed E-state index contributed by atoms with van der Waals surface area (Å²) < 4.78 is 1.95. The Hall–Kier alpha value is -2.23. The predicted molar refractivity (Wildman–Crippen MR) is 88.6 cm³/mol. The minimum absolute atomic E-state index is 0.00188. The topological polar surface area (TPSA) is 43.3 Å². The van der Waals surface area contributed by atoms with Crippen LogP contribution in [0.3, 0.4) is 0 Å². The van der Waals surface area contributed by atoms with Gasteiger partial charge in [0.2, 0.25) is 5.91 Å². The summed E-state index contributed by atoms with van der Waals surface area (Å²) in [6.07, 6.45) is 2.94. The van der Waals surface area contributed by atoms with Crippen molar-refractivity contribution in [1.29, 1.82) is 0 Å². The Balaban J connectivity index is 2.12. The highest BCUT2D eigenvalue weighted by Gasteiger charge is 2.29. The van der Waals surface area contributed by atoms with E-state index in [2.05, 4.69) is 44.3 Å². The minimum atomic E-state index is -0.326. The Morgan fingerprint density at radius 3 is 2.77 bits per heavy atom. The number of nitrogens with zero attached hydrogens (tertiary/aromatic N) is 1. The van der Waals surface area contributed by atoms with Crippen molar-refractivity contribution in [3.8, 4) is 0 Å². The predicted octanol–water partition coefficient (Wildman–Crippen LogP) is 2.94. The highest BCUT2D eigenvalue weighted by Crippen LogP contribution is 2.35. The van der Waals surface area contributed by atoms with E-state index in [1.54, 1.807) is 6.92 Å². The zero-order valence-corrected chi connectivity index (χ0v) is 13.6. The zero-order valence-electron chi connectivity index (χ0n) is 13.6. The maximum atomic E-state index is 11.1. The molecule has 0 saturated carbocycles. The molecule has 2 heterocycles. The molecule has 0 atom stereocenters. The van der Waals surface area contributed by atoms with Gasteiger partial charge in [-0.05, 0) is 50.5 Å². The molecule has 1 aliphatic heterocycles. The summed E-state index contributed by atoms with van der Waals surface area (Å²) in [5.41, 5.74) is 4.31. The molecule has 0 aliphatic carbocycles. The van der Waals surface area contributed by atoms with Crippen LogP contribution in [-0.4, -0.2) is 22.8 Å². The van der Waals surface area contributed by atoms with Crippen LogP contribution < -0.4 is 10.2 Å². The van der Waals surface area contributed by atoms with Crippen LogP contribution in [0.1, 0.15) is 39.0 Å². The molecule has 1 N–H and O–H groups in total. The molecule has 1 aliphatic rings. The van der Waals surface area contributed by atoms with Crippen LogP contribution in [0.4, 0.5) is 0 Å². The van der Waals surface area contributed by atoms with Crippen LogP contribution in [0.5, 0.6) is 0 Å². The molecule has 0 fully saturated rings. The molecule has 1 aromatic heterocycles. The van der Waals surface area contributed by atoms with Gasteiger partial charge >= 0.3 is 0 Å². The van der Waals surface area contributed by atoms with Crippen molar-refractivity contribution in [2.45, 2.75) is 39.7 Å². The monoisotopic (exact) mass is 298 g/mol. The minimum Gasteiger partial charge on any atom is -0.403 e. The zero-order chi connectivity index (χ0) is 15.9. The number of benzene rings is 1. The van der Waals surface area contributed by atoms with E-state index in [0.29, 0.717) is 6.54 Å². The number of aromatic nitrogens is 1. The molecule has 4 heteroatoms. The fourth-order valence-electron chi connectivity index (χ4n) is 3.24. The van der Waals surface area contributed by atoms with Crippen LogP contribution in [0.15, 0.2) is 30.3 Å². The SMILES string of the molecule is CC(=O)NCCc1c2n(c3ccccc13)OC(C)(C)C=C2C. The normalized spacial score (nSPS) is 15.9. The van der Waals surface area contributed by atoms with Crippen molar-refractivity contribution in [3.05, 3.63) is 41.6 Å². The van der Waals surface area contributed by atoms with E-state index in [1.165, 1.54) is 16.5 Å². The van der Waals surface area contributed by atoms with E-state index in [-0.39, 0.29) is 11.5 Å². The molecular formula is C18H22N2O2. The maximum absolute atomic E-state index is 11.1. The number of nitrogens with one attached hydrogen (secondary N) is 1. The van der Waals surface area contributed by atoms with Crippen LogP contribution in [0, 0.1) is 0 Å². The van der Waals surface area contributed by atoms with Crippen LogP contribution >= 0.6 is 0 Å². The highest BCUT2D eigenvalue weighted by molar-refractivity contribution is 5.90. The van der Waals surface area contributed by atoms with Crippen molar-refractivity contribution in [1.82, 2.24) is 10.0 Å². The number of hydrogen-bond acceptors (Lipinski definition) is 2. The van der Waals surface area contributed by atoms with Gasteiger partial charge in [0.05, 0.1) is 11.2 Å². The smallest absolute Gasteiger partial charge is 0.216 e. The number of allylic oxidation sites excluding steroid dienone is 1. The second-order valence-electron chi connectivity index (χ2n) is 6.39. The van der Waals surface area contributed by atoms with Crippen molar-refractivity contribution in [2.75, 3.05) is 6.54 Å². The fraction of sp³-hybridized carbons (Fsp3) is 0.389. The Kier molecular flexibility index (Phi) is 3.47. The lowest BCUT2D eigenvalue weighted by atomic mass is 9.98. The number of rotatable bonds is 3. The Bertz CT molecular complexity index is 769. The van der Waals surface area contributed by atoms with Crippen LogP contribution in [0.2, 0.25) is 0 Å². The lowest BCUT2D eigenvalue weighted by Gasteiger charge is -2.30. The second kappa shape index (κ2) is 5.20. The fourth-order valence-corrected chi connectivity index (χ4v) is 3.24. The number of hydrogen-bond donors (Lipinski definition) is 1. The number of para-hydroxylation sites is 1. The van der Waals surface area contributed by atoms with Gasteiger partial charge in [-0.1, -0.05) is 18.2 Å². The maximum Gasteiger partial charge on any atom is 0.216 e. The lowest BCUT2D eigenvalue weighted by molar-refractivity contribution is -0.118. The van der Waals surface area contributed by atoms with Crippen LogP contribution in [0.25, 0.3) is 16.5 Å². The number of amides is 1. The van der Waals surface area contributed by atoms with Gasteiger partial charge < -0.3 is 10.2 Å². The number of carbonyl (C=O) groups is 1. The molecule has 2 aromatic rings. The van der Waals surface area contributed by atoms with Crippen molar-refractivity contribution in [2.24, 2.45) is 0 Å². The Morgan fingerprint density at radius 1 is 1.32 bits per heavy atom. The largest absolute Gasteiger partial charge is 0.403 e. The summed E-state index contributed by atoms with van der Waals surface area (Å²) in [4.78, 5) is 17.3. The molecule has 0 spiro atoms. The van der Waals surface area contributed by atoms with Gasteiger partial charge in [-0.25, -0.2) is 0 Å². The number of carbonyl (C=O) groups excluding carboxylic acids is 1. The van der Waals surface area contributed by atoms with Gasteiger partial charge in [0.25, 0.3) is 0 Å². The van der Waals surface area contributed by atoms with Gasteiger partial charge in [0, 0.05) is 18.9 Å². The summed E-state index contributed by atoms with van der Waals surface area (Å²) in [6.45, 7) is 8.42. The third kappa shape index (κ3) is 2.49. The van der Waals surface area contributed by atoms with E-state index < -0.39 is 0 Å². The summed E-state index contributed by atoms with van der Waals surface area (Å²) in [7, 11) is 0. The quantitative estimate of drug-likeness (QED) is 0.946. The molecule has 1 aromatic carbocycles. The molecule has 0 unspecified atom stereocenters. The first-order chi connectivity index (χ1) is 10.4. The molecule has 0 saturated heterocycles. The average molecular weight is 298 g/mol. The Labute approximate surface area is 130 Å². The molecule has 0 radical (unpaired) electrons. The first kappa shape index (κ1) is 14.7. The third-order valence-electron chi connectivity index (χ3n) is 3.95. The summed E-state index contributed by atoms with van der Waals surface area (Å²) in [6, 6.07) is 8.26. The molecular weight excluding hydrogens is 276 g/mol. The van der Waals surface area contributed by atoms with Crippen molar-refractivity contribution < 1.29 is 9.63 Å². The standard InChI is InChI=1S/C18H22N2O2/c1-12-11-18(3,4)22-20-16-8-6-5-7-14(16)15(17(12)20)9-10-19-13(2)21/h5-8,11H,9-10H2,1-4H3,(H,19,21). The van der Waals surface area contributed by atoms with E-state index in [4.69, 9.17) is 4.84 Å². The third-order valence-corrected chi connectivity index (χ3v) is 3.95. The van der Waals surface area contributed by atoms with E-state index in [1.807, 2.05) is 16.9 Å². The summed E-state index contributed by atoms with van der Waals surface area (Å²) >= 11 is 0. The average Bonchev–Trinajstić information content (AvgIpc) is 2.72. The van der Waals surface area contributed by atoms with Gasteiger partial charge in [-0.15, -0.1) is 0 Å². The number of fused-ring (bicyclic) bond motifs is 3. The van der Waals surface area contributed by atoms with E-state index >= 15 is 0 Å². The summed E-state index contributed by atoms with van der Waals surface area (Å²) in [5.74, 6) is 0.00188. The lowest BCUT2D eigenvalue weighted by Crippen LogP contribution is -2.36. The molecule has 1 amide bonds. The Morgan fingerprint density at radius 2 is 2.05 bits per heavy atom. The van der Waals surface area contributed by atoms with Crippen molar-refractivity contribution in [3.63, 3.8) is 0 Å². The highest BCUT2D eigenvalue weighted by atomic mass is 16.7. The van der Waals surface area contributed by atoms with Crippen LogP contribution in [-0.2, 0) is 11.2 Å².